The van der Waals surface area contributed by atoms with Crippen LogP contribution in [0, 0.1) is 0 Å². The molecule has 1 N–H and O–H groups in total. The van der Waals surface area contributed by atoms with E-state index < -0.39 is 0 Å². The minimum Gasteiger partial charge on any atom is -0.314 e. The fraction of sp³-hybridized carbons (Fsp3) is 0.429. The van der Waals surface area contributed by atoms with Crippen LogP contribution in [-0.4, -0.2) is 31.1 Å². The van der Waals surface area contributed by atoms with Crippen LogP contribution >= 0.6 is 0 Å². The monoisotopic (exact) mass is 216 g/mol. The maximum Gasteiger partial charge on any atom is 0.0476 e. The molecular weight excluding hydrogens is 196 g/mol. The summed E-state index contributed by atoms with van der Waals surface area (Å²) in [7, 11) is 0. The van der Waals surface area contributed by atoms with Gasteiger partial charge in [0.05, 0.1) is 0 Å². The Kier molecular flexibility index (Phi) is 3.75. The molecule has 1 aliphatic heterocycles. The first-order valence-electron chi connectivity index (χ1n) is 5.91. The molecule has 0 radical (unpaired) electrons. The van der Waals surface area contributed by atoms with Crippen molar-refractivity contribution in [3.8, 4) is 0 Å². The van der Waals surface area contributed by atoms with E-state index in [4.69, 9.17) is 0 Å². The molecule has 1 fully saturated rings. The van der Waals surface area contributed by atoms with Gasteiger partial charge in [-0.2, -0.15) is 0 Å². The summed E-state index contributed by atoms with van der Waals surface area (Å²) >= 11 is 0. The van der Waals surface area contributed by atoms with E-state index in [1.807, 2.05) is 0 Å². The van der Waals surface area contributed by atoms with Gasteiger partial charge in [-0.25, -0.2) is 0 Å². The predicted octanol–water partition coefficient (Wildman–Crippen LogP) is 2.21. The van der Waals surface area contributed by atoms with Gasteiger partial charge in [0.1, 0.15) is 0 Å². The highest BCUT2D eigenvalue weighted by molar-refractivity contribution is 5.20. The smallest absolute Gasteiger partial charge is 0.0476 e. The zero-order valence-corrected chi connectivity index (χ0v) is 9.95. The number of benzene rings is 1. The summed E-state index contributed by atoms with van der Waals surface area (Å²) in [6, 6.07) is 11.2. The Labute approximate surface area is 98.0 Å². The first kappa shape index (κ1) is 11.4. The molecule has 1 aromatic carbocycles. The third-order valence-corrected chi connectivity index (χ3v) is 3.01. The average Bonchev–Trinajstić information content (AvgIpc) is 2.30. The van der Waals surface area contributed by atoms with Gasteiger partial charge in [0.25, 0.3) is 0 Å². The Morgan fingerprint density at radius 1 is 1.44 bits per heavy atom. The van der Waals surface area contributed by atoms with Crippen LogP contribution in [0.5, 0.6) is 0 Å². The van der Waals surface area contributed by atoms with Gasteiger partial charge in [-0.3, -0.25) is 4.90 Å². The van der Waals surface area contributed by atoms with E-state index >= 15 is 0 Å². The lowest BCUT2D eigenvalue weighted by atomic mass is 10.0. The van der Waals surface area contributed by atoms with E-state index in [9.17, 15) is 0 Å². The van der Waals surface area contributed by atoms with Gasteiger partial charge in [0, 0.05) is 32.2 Å². The molecule has 1 saturated heterocycles. The quantitative estimate of drug-likeness (QED) is 0.779. The molecule has 16 heavy (non-hydrogen) atoms. The van der Waals surface area contributed by atoms with Crippen molar-refractivity contribution in [1.82, 2.24) is 10.2 Å². The number of rotatable bonds is 3. The zero-order chi connectivity index (χ0) is 11.4. The molecule has 1 heterocycles. The lowest BCUT2D eigenvalue weighted by Crippen LogP contribution is -2.46. The van der Waals surface area contributed by atoms with Crippen molar-refractivity contribution in [3.05, 3.63) is 48.0 Å². The second-order valence-corrected chi connectivity index (χ2v) is 4.56. The van der Waals surface area contributed by atoms with Crippen molar-refractivity contribution >= 4 is 0 Å². The normalized spacial score (nSPS) is 21.9. The van der Waals surface area contributed by atoms with Crippen LogP contribution in [-0.2, 0) is 0 Å². The minimum absolute atomic E-state index is 0.492. The Hall–Kier alpha value is -1.12. The molecule has 0 bridgehead atoms. The molecule has 2 rings (SSSR count). The van der Waals surface area contributed by atoms with E-state index in [1.165, 1.54) is 11.1 Å². The van der Waals surface area contributed by atoms with Crippen molar-refractivity contribution in [2.45, 2.75) is 13.0 Å². The lowest BCUT2D eigenvalue weighted by molar-refractivity contribution is 0.176. The SMILES string of the molecule is C=C(C)CN1CCNCC1c1ccccc1. The molecule has 86 valence electrons. The maximum atomic E-state index is 4.02. The molecule has 0 aliphatic carbocycles. The van der Waals surface area contributed by atoms with Crippen molar-refractivity contribution in [2.24, 2.45) is 0 Å². The number of nitrogens with one attached hydrogen (secondary N) is 1. The van der Waals surface area contributed by atoms with Crippen LogP contribution < -0.4 is 5.32 Å². The van der Waals surface area contributed by atoms with Crippen LogP contribution in [0.4, 0.5) is 0 Å². The van der Waals surface area contributed by atoms with Gasteiger partial charge in [0.2, 0.25) is 0 Å². The number of hydrogen-bond donors (Lipinski definition) is 1. The van der Waals surface area contributed by atoms with Crippen molar-refractivity contribution in [2.75, 3.05) is 26.2 Å². The first-order chi connectivity index (χ1) is 7.77. The molecule has 0 aromatic heterocycles. The Balaban J connectivity index is 2.13. The number of hydrogen-bond acceptors (Lipinski definition) is 2. The standard InChI is InChI=1S/C14H20N2/c1-12(2)11-16-9-8-15-10-14(16)13-6-4-3-5-7-13/h3-7,14-15H,1,8-11H2,2H3. The van der Waals surface area contributed by atoms with E-state index in [0.717, 1.165) is 26.2 Å². The highest BCUT2D eigenvalue weighted by atomic mass is 15.2. The molecule has 0 saturated carbocycles. The minimum atomic E-state index is 0.492. The fourth-order valence-electron chi connectivity index (χ4n) is 2.29. The molecular formula is C14H20N2. The molecule has 2 nitrogen and oxygen atoms in total. The summed E-state index contributed by atoms with van der Waals surface area (Å²) in [5.74, 6) is 0. The summed E-state index contributed by atoms with van der Waals surface area (Å²) in [4.78, 5) is 2.51. The Morgan fingerprint density at radius 2 is 2.19 bits per heavy atom. The van der Waals surface area contributed by atoms with Gasteiger partial charge in [-0.05, 0) is 12.5 Å². The van der Waals surface area contributed by atoms with Gasteiger partial charge in [-0.15, -0.1) is 0 Å². The highest BCUT2D eigenvalue weighted by Gasteiger charge is 2.22. The molecule has 0 amide bonds. The topological polar surface area (TPSA) is 15.3 Å². The van der Waals surface area contributed by atoms with E-state index in [1.54, 1.807) is 0 Å². The van der Waals surface area contributed by atoms with Gasteiger partial charge < -0.3 is 5.32 Å². The Bertz CT molecular complexity index is 345. The van der Waals surface area contributed by atoms with Gasteiger partial charge >= 0.3 is 0 Å². The van der Waals surface area contributed by atoms with E-state index in [2.05, 4.69) is 54.1 Å². The number of piperazine rings is 1. The summed E-state index contributed by atoms with van der Waals surface area (Å²) in [5, 5.41) is 3.47. The third kappa shape index (κ3) is 2.71. The molecule has 0 spiro atoms. The van der Waals surface area contributed by atoms with Crippen LogP contribution in [0.25, 0.3) is 0 Å². The van der Waals surface area contributed by atoms with Crippen LogP contribution in [0.1, 0.15) is 18.5 Å². The van der Waals surface area contributed by atoms with Gasteiger partial charge in [-0.1, -0.05) is 42.5 Å². The van der Waals surface area contributed by atoms with Crippen LogP contribution in [0.3, 0.4) is 0 Å². The average molecular weight is 216 g/mol. The second kappa shape index (κ2) is 5.28. The Morgan fingerprint density at radius 3 is 2.88 bits per heavy atom. The van der Waals surface area contributed by atoms with Crippen molar-refractivity contribution < 1.29 is 0 Å². The van der Waals surface area contributed by atoms with E-state index in [-0.39, 0.29) is 0 Å². The van der Waals surface area contributed by atoms with Crippen molar-refractivity contribution in [1.29, 1.82) is 0 Å². The predicted molar refractivity (Wildman–Crippen MR) is 68.4 cm³/mol. The molecule has 1 aliphatic rings. The number of nitrogens with zero attached hydrogens (tertiary/aromatic N) is 1. The zero-order valence-electron chi connectivity index (χ0n) is 9.95. The summed E-state index contributed by atoms with van der Waals surface area (Å²) in [5.41, 5.74) is 2.64. The first-order valence-corrected chi connectivity index (χ1v) is 5.91. The lowest BCUT2D eigenvalue weighted by Gasteiger charge is -2.36. The summed E-state index contributed by atoms with van der Waals surface area (Å²) in [6.07, 6.45) is 0. The molecule has 2 heteroatoms. The largest absolute Gasteiger partial charge is 0.314 e. The summed E-state index contributed by atoms with van der Waals surface area (Å²) in [6.45, 7) is 10.3. The summed E-state index contributed by atoms with van der Waals surface area (Å²) < 4.78 is 0. The molecule has 1 atom stereocenters. The second-order valence-electron chi connectivity index (χ2n) is 4.56. The highest BCUT2D eigenvalue weighted by Crippen LogP contribution is 2.22. The van der Waals surface area contributed by atoms with Crippen LogP contribution in [0.15, 0.2) is 42.5 Å². The third-order valence-electron chi connectivity index (χ3n) is 3.01. The maximum absolute atomic E-state index is 4.02. The van der Waals surface area contributed by atoms with E-state index in [0.29, 0.717) is 6.04 Å². The van der Waals surface area contributed by atoms with Gasteiger partial charge in [0.15, 0.2) is 0 Å². The van der Waals surface area contributed by atoms with Crippen LogP contribution in [0.2, 0.25) is 0 Å². The van der Waals surface area contributed by atoms with Crippen molar-refractivity contribution in [3.63, 3.8) is 0 Å². The molecule has 1 unspecified atom stereocenters. The molecule has 1 aromatic rings. The fourth-order valence-corrected chi connectivity index (χ4v) is 2.29.